The second-order valence-corrected chi connectivity index (χ2v) is 4.98. The Labute approximate surface area is 98.8 Å². The quantitative estimate of drug-likeness (QED) is 0.719. The Morgan fingerprint density at radius 2 is 2.13 bits per heavy atom. The number of rotatable bonds is 2. The fourth-order valence-corrected chi connectivity index (χ4v) is 2.31. The maximum atomic E-state index is 5.39. The molecule has 88 valence electrons. The third-order valence-corrected chi connectivity index (χ3v) is 3.32. The smallest absolute Gasteiger partial charge is 0.169 e. The number of hydrogen-bond acceptors (Lipinski definition) is 2. The molecule has 15 heavy (non-hydrogen) atoms. The van der Waals surface area contributed by atoms with Crippen molar-refractivity contribution in [3.63, 3.8) is 0 Å². The van der Waals surface area contributed by atoms with Crippen LogP contribution >= 0.6 is 12.2 Å². The molecule has 0 aliphatic carbocycles. The molecule has 0 spiro atoms. The molecule has 0 aromatic carbocycles. The molecule has 0 radical (unpaired) electrons. The molecular weight excluding hydrogens is 206 g/mol. The van der Waals surface area contributed by atoms with Crippen LogP contribution < -0.4 is 5.32 Å². The summed E-state index contributed by atoms with van der Waals surface area (Å²) in [6.07, 6.45) is 1.19. The van der Waals surface area contributed by atoms with Gasteiger partial charge >= 0.3 is 0 Å². The molecule has 1 unspecified atom stereocenters. The van der Waals surface area contributed by atoms with Gasteiger partial charge in [0.1, 0.15) is 0 Å². The normalized spacial score (nSPS) is 23.3. The standard InChI is InChI=1S/C11H23N3S/c1-5-10-8-14(7-6-13(10)4)11(15)12-9(2)3/h9-10H,5-8H2,1-4H3,(H,12,15). The van der Waals surface area contributed by atoms with Crippen molar-refractivity contribution >= 4 is 17.3 Å². The van der Waals surface area contributed by atoms with E-state index in [4.69, 9.17) is 12.2 Å². The summed E-state index contributed by atoms with van der Waals surface area (Å²) in [5.41, 5.74) is 0. The first kappa shape index (κ1) is 12.7. The maximum Gasteiger partial charge on any atom is 0.169 e. The molecule has 1 aliphatic rings. The summed E-state index contributed by atoms with van der Waals surface area (Å²) in [4.78, 5) is 4.72. The van der Waals surface area contributed by atoms with E-state index in [-0.39, 0.29) is 0 Å². The zero-order valence-corrected chi connectivity index (χ0v) is 11.1. The first-order valence-corrected chi connectivity index (χ1v) is 6.21. The monoisotopic (exact) mass is 229 g/mol. The van der Waals surface area contributed by atoms with Gasteiger partial charge in [0.25, 0.3) is 0 Å². The minimum atomic E-state index is 0.428. The van der Waals surface area contributed by atoms with Gasteiger partial charge in [-0.05, 0) is 39.5 Å². The molecule has 0 saturated carbocycles. The van der Waals surface area contributed by atoms with Crippen molar-refractivity contribution in [3.05, 3.63) is 0 Å². The van der Waals surface area contributed by atoms with Crippen molar-refractivity contribution in [3.8, 4) is 0 Å². The molecule has 1 atom stereocenters. The molecule has 4 heteroatoms. The molecule has 1 aliphatic heterocycles. The van der Waals surface area contributed by atoms with Crippen molar-refractivity contribution in [2.45, 2.75) is 39.3 Å². The van der Waals surface area contributed by atoms with Gasteiger partial charge in [0.05, 0.1) is 0 Å². The average Bonchev–Trinajstić information content (AvgIpc) is 2.17. The van der Waals surface area contributed by atoms with Gasteiger partial charge in [-0.15, -0.1) is 0 Å². The van der Waals surface area contributed by atoms with Crippen LogP contribution in [0.3, 0.4) is 0 Å². The van der Waals surface area contributed by atoms with Crippen molar-refractivity contribution < 1.29 is 0 Å². The summed E-state index contributed by atoms with van der Waals surface area (Å²) < 4.78 is 0. The third kappa shape index (κ3) is 3.61. The highest BCUT2D eigenvalue weighted by Gasteiger charge is 2.24. The highest BCUT2D eigenvalue weighted by Crippen LogP contribution is 2.10. The van der Waals surface area contributed by atoms with Crippen molar-refractivity contribution in [1.82, 2.24) is 15.1 Å². The molecular formula is C11H23N3S. The third-order valence-electron chi connectivity index (χ3n) is 2.95. The predicted octanol–water partition coefficient (Wildman–Crippen LogP) is 1.30. The van der Waals surface area contributed by atoms with Gasteiger partial charge in [-0.25, -0.2) is 0 Å². The number of hydrogen-bond donors (Lipinski definition) is 1. The molecule has 0 aromatic heterocycles. The van der Waals surface area contributed by atoms with Crippen molar-refractivity contribution in [1.29, 1.82) is 0 Å². The lowest BCUT2D eigenvalue weighted by atomic mass is 10.1. The number of nitrogens with one attached hydrogen (secondary N) is 1. The molecule has 0 bridgehead atoms. The lowest BCUT2D eigenvalue weighted by Crippen LogP contribution is -2.55. The Morgan fingerprint density at radius 3 is 2.67 bits per heavy atom. The average molecular weight is 229 g/mol. The zero-order valence-electron chi connectivity index (χ0n) is 10.3. The summed E-state index contributed by atoms with van der Waals surface area (Å²) in [6, 6.07) is 1.07. The zero-order chi connectivity index (χ0) is 11.4. The second-order valence-electron chi connectivity index (χ2n) is 4.59. The van der Waals surface area contributed by atoms with Gasteiger partial charge in [0.2, 0.25) is 0 Å². The minimum absolute atomic E-state index is 0.428. The van der Waals surface area contributed by atoms with Crippen LogP contribution in [0.4, 0.5) is 0 Å². The van der Waals surface area contributed by atoms with E-state index in [1.54, 1.807) is 0 Å². The van der Waals surface area contributed by atoms with E-state index in [0.29, 0.717) is 12.1 Å². The van der Waals surface area contributed by atoms with Gasteiger partial charge in [0.15, 0.2) is 5.11 Å². The van der Waals surface area contributed by atoms with Gasteiger partial charge < -0.3 is 10.2 Å². The number of thiocarbonyl (C=S) groups is 1. The van der Waals surface area contributed by atoms with E-state index in [2.05, 4.69) is 42.9 Å². The molecule has 1 rings (SSSR count). The topological polar surface area (TPSA) is 18.5 Å². The maximum absolute atomic E-state index is 5.39. The van der Waals surface area contributed by atoms with Gasteiger partial charge in [-0.2, -0.15) is 0 Å². The molecule has 0 amide bonds. The van der Waals surface area contributed by atoms with Crippen LogP contribution in [0.15, 0.2) is 0 Å². The van der Waals surface area contributed by atoms with Crippen LogP contribution in [-0.4, -0.2) is 53.7 Å². The van der Waals surface area contributed by atoms with Crippen LogP contribution in [0.5, 0.6) is 0 Å². The van der Waals surface area contributed by atoms with E-state index in [9.17, 15) is 0 Å². The summed E-state index contributed by atoms with van der Waals surface area (Å²) in [5.74, 6) is 0. The molecule has 3 nitrogen and oxygen atoms in total. The summed E-state index contributed by atoms with van der Waals surface area (Å²) >= 11 is 5.39. The van der Waals surface area contributed by atoms with Crippen LogP contribution in [0, 0.1) is 0 Å². The van der Waals surface area contributed by atoms with Crippen LogP contribution in [-0.2, 0) is 0 Å². The first-order chi connectivity index (χ1) is 7.04. The SMILES string of the molecule is CCC1CN(C(=S)NC(C)C)CCN1C. The second kappa shape index (κ2) is 5.66. The highest BCUT2D eigenvalue weighted by molar-refractivity contribution is 7.80. The Bertz CT molecular complexity index is 218. The Balaban J connectivity index is 2.47. The van der Waals surface area contributed by atoms with Gasteiger partial charge in [0, 0.05) is 31.7 Å². The largest absolute Gasteiger partial charge is 0.360 e. The van der Waals surface area contributed by atoms with Crippen LogP contribution in [0.25, 0.3) is 0 Å². The number of piperazine rings is 1. The summed E-state index contributed by atoms with van der Waals surface area (Å²) in [5, 5.41) is 4.22. The molecule has 1 saturated heterocycles. The van der Waals surface area contributed by atoms with E-state index < -0.39 is 0 Å². The lowest BCUT2D eigenvalue weighted by molar-refractivity contribution is 0.136. The first-order valence-electron chi connectivity index (χ1n) is 5.80. The van der Waals surface area contributed by atoms with Gasteiger partial charge in [-0.3, -0.25) is 4.90 Å². The Kier molecular flexibility index (Phi) is 4.80. The van der Waals surface area contributed by atoms with Crippen LogP contribution in [0.2, 0.25) is 0 Å². The molecule has 1 fully saturated rings. The molecule has 1 N–H and O–H groups in total. The number of likely N-dealkylation sites (N-methyl/N-ethyl adjacent to an activating group) is 1. The summed E-state index contributed by atoms with van der Waals surface area (Å²) in [6.45, 7) is 9.71. The van der Waals surface area contributed by atoms with Crippen molar-refractivity contribution in [2.75, 3.05) is 26.7 Å². The fourth-order valence-electron chi connectivity index (χ4n) is 1.91. The fraction of sp³-hybridized carbons (Fsp3) is 0.909. The van der Waals surface area contributed by atoms with E-state index in [1.165, 1.54) is 6.42 Å². The summed E-state index contributed by atoms with van der Waals surface area (Å²) in [7, 11) is 2.20. The highest BCUT2D eigenvalue weighted by atomic mass is 32.1. The van der Waals surface area contributed by atoms with Crippen molar-refractivity contribution in [2.24, 2.45) is 0 Å². The Morgan fingerprint density at radius 1 is 1.47 bits per heavy atom. The van der Waals surface area contributed by atoms with Gasteiger partial charge in [-0.1, -0.05) is 6.92 Å². The number of nitrogens with zero attached hydrogens (tertiary/aromatic N) is 2. The molecule has 1 heterocycles. The minimum Gasteiger partial charge on any atom is -0.360 e. The van der Waals surface area contributed by atoms with E-state index in [0.717, 1.165) is 24.7 Å². The predicted molar refractivity (Wildman–Crippen MR) is 69.2 cm³/mol. The van der Waals surface area contributed by atoms with E-state index >= 15 is 0 Å². The lowest BCUT2D eigenvalue weighted by Gasteiger charge is -2.40. The van der Waals surface area contributed by atoms with Crippen LogP contribution in [0.1, 0.15) is 27.2 Å². The van der Waals surface area contributed by atoms with E-state index in [1.807, 2.05) is 0 Å². The molecule has 0 aromatic rings. The Hall–Kier alpha value is -0.350.